The van der Waals surface area contributed by atoms with Crippen molar-refractivity contribution in [1.82, 2.24) is 0 Å². The van der Waals surface area contributed by atoms with Gasteiger partial charge in [0.2, 0.25) is 0 Å². The van der Waals surface area contributed by atoms with Crippen LogP contribution in [0.2, 0.25) is 0 Å². The number of aliphatic hydroxyl groups is 1. The van der Waals surface area contributed by atoms with Gasteiger partial charge in [0.15, 0.2) is 0 Å². The molecule has 0 amide bonds. The fourth-order valence-corrected chi connectivity index (χ4v) is 2.34. The molecule has 0 bridgehead atoms. The normalized spacial score (nSPS) is 10.5. The largest absolute Gasteiger partial charge is 0.399 e. The van der Waals surface area contributed by atoms with Crippen molar-refractivity contribution in [2.75, 3.05) is 18.1 Å². The van der Waals surface area contributed by atoms with Crippen LogP contribution in [0.4, 0.5) is 5.69 Å². The highest BCUT2D eigenvalue weighted by molar-refractivity contribution is 7.99. The molecular formula is C12H19NOS. The van der Waals surface area contributed by atoms with Gasteiger partial charge in [-0.1, -0.05) is 18.9 Å². The topological polar surface area (TPSA) is 46.2 Å². The molecule has 0 aliphatic carbocycles. The summed E-state index contributed by atoms with van der Waals surface area (Å²) in [6.07, 6.45) is 4.48. The molecule has 0 radical (unpaired) electrons. The molecule has 1 aromatic carbocycles. The van der Waals surface area contributed by atoms with E-state index in [1.807, 2.05) is 30.0 Å². The maximum atomic E-state index is 8.61. The van der Waals surface area contributed by atoms with Crippen LogP contribution in [0.25, 0.3) is 0 Å². The van der Waals surface area contributed by atoms with Crippen molar-refractivity contribution in [3.63, 3.8) is 0 Å². The summed E-state index contributed by atoms with van der Waals surface area (Å²) >= 11 is 1.85. The van der Waals surface area contributed by atoms with Crippen LogP contribution in [-0.4, -0.2) is 17.5 Å². The predicted octanol–water partition coefficient (Wildman–Crippen LogP) is 2.91. The van der Waals surface area contributed by atoms with Crippen LogP contribution >= 0.6 is 11.8 Å². The lowest BCUT2D eigenvalue weighted by Gasteiger charge is -2.02. The Bertz CT molecular complexity index is 278. The van der Waals surface area contributed by atoms with Gasteiger partial charge in [0.25, 0.3) is 0 Å². The Balaban J connectivity index is 2.10. The summed E-state index contributed by atoms with van der Waals surface area (Å²) < 4.78 is 0. The van der Waals surface area contributed by atoms with Crippen molar-refractivity contribution in [2.24, 2.45) is 0 Å². The Morgan fingerprint density at radius 3 is 2.67 bits per heavy atom. The van der Waals surface area contributed by atoms with Crippen LogP contribution in [0.1, 0.15) is 25.7 Å². The monoisotopic (exact) mass is 225 g/mol. The van der Waals surface area contributed by atoms with Gasteiger partial charge in [-0.3, -0.25) is 0 Å². The van der Waals surface area contributed by atoms with Crippen LogP contribution in [0.5, 0.6) is 0 Å². The second-order valence-electron chi connectivity index (χ2n) is 3.56. The average Bonchev–Trinajstić information content (AvgIpc) is 2.23. The summed E-state index contributed by atoms with van der Waals surface area (Å²) in [6, 6.07) is 8.00. The Morgan fingerprint density at radius 2 is 1.93 bits per heavy atom. The lowest BCUT2D eigenvalue weighted by Crippen LogP contribution is -1.86. The van der Waals surface area contributed by atoms with Gasteiger partial charge < -0.3 is 10.8 Å². The average molecular weight is 225 g/mol. The second kappa shape index (κ2) is 7.60. The third-order valence-corrected chi connectivity index (χ3v) is 3.26. The minimum absolute atomic E-state index is 0.322. The SMILES string of the molecule is Nc1cccc(SCCCCCCO)c1. The van der Waals surface area contributed by atoms with Crippen LogP contribution in [0.3, 0.4) is 0 Å². The van der Waals surface area contributed by atoms with E-state index in [-0.39, 0.29) is 0 Å². The van der Waals surface area contributed by atoms with Gasteiger partial charge in [-0.2, -0.15) is 0 Å². The van der Waals surface area contributed by atoms with Gasteiger partial charge in [-0.05, 0) is 36.8 Å². The fraction of sp³-hybridized carbons (Fsp3) is 0.500. The van der Waals surface area contributed by atoms with Gasteiger partial charge >= 0.3 is 0 Å². The summed E-state index contributed by atoms with van der Waals surface area (Å²) in [4.78, 5) is 1.25. The van der Waals surface area contributed by atoms with Gasteiger partial charge in [0, 0.05) is 17.2 Å². The molecule has 0 aliphatic rings. The van der Waals surface area contributed by atoms with E-state index in [2.05, 4.69) is 6.07 Å². The summed E-state index contributed by atoms with van der Waals surface area (Å²) in [5, 5.41) is 8.61. The maximum Gasteiger partial charge on any atom is 0.0431 e. The minimum atomic E-state index is 0.322. The van der Waals surface area contributed by atoms with E-state index in [9.17, 15) is 0 Å². The highest BCUT2D eigenvalue weighted by atomic mass is 32.2. The number of unbranched alkanes of at least 4 members (excludes halogenated alkanes) is 3. The molecule has 2 nitrogen and oxygen atoms in total. The molecule has 1 rings (SSSR count). The number of hydrogen-bond acceptors (Lipinski definition) is 3. The summed E-state index contributed by atoms with van der Waals surface area (Å²) in [7, 11) is 0. The number of benzene rings is 1. The van der Waals surface area contributed by atoms with Crippen molar-refractivity contribution >= 4 is 17.4 Å². The highest BCUT2D eigenvalue weighted by Crippen LogP contribution is 2.21. The van der Waals surface area contributed by atoms with Crippen LogP contribution in [0, 0.1) is 0 Å². The molecule has 0 fully saturated rings. The Hall–Kier alpha value is -0.670. The number of rotatable bonds is 7. The van der Waals surface area contributed by atoms with Crippen molar-refractivity contribution in [1.29, 1.82) is 0 Å². The smallest absolute Gasteiger partial charge is 0.0431 e. The first-order valence-corrected chi connectivity index (χ1v) is 6.40. The van der Waals surface area contributed by atoms with Crippen molar-refractivity contribution < 1.29 is 5.11 Å². The molecule has 0 spiro atoms. The highest BCUT2D eigenvalue weighted by Gasteiger charge is 1.94. The zero-order valence-corrected chi connectivity index (χ0v) is 9.80. The van der Waals surface area contributed by atoms with Crippen LogP contribution in [-0.2, 0) is 0 Å². The number of hydrogen-bond donors (Lipinski definition) is 2. The summed E-state index contributed by atoms with van der Waals surface area (Å²) in [6.45, 7) is 0.322. The van der Waals surface area contributed by atoms with Crippen molar-refractivity contribution in [3.05, 3.63) is 24.3 Å². The minimum Gasteiger partial charge on any atom is -0.399 e. The maximum absolute atomic E-state index is 8.61. The zero-order chi connectivity index (χ0) is 10.9. The van der Waals surface area contributed by atoms with E-state index < -0.39 is 0 Å². The van der Waals surface area contributed by atoms with Crippen LogP contribution < -0.4 is 5.73 Å². The fourth-order valence-electron chi connectivity index (χ4n) is 1.36. The summed E-state index contributed by atoms with van der Waals surface area (Å²) in [5.41, 5.74) is 6.52. The molecule has 0 saturated heterocycles. The Kier molecular flexibility index (Phi) is 6.28. The van der Waals surface area contributed by atoms with E-state index in [1.54, 1.807) is 0 Å². The Labute approximate surface area is 95.9 Å². The number of thioether (sulfide) groups is 1. The molecule has 0 atom stereocenters. The predicted molar refractivity (Wildman–Crippen MR) is 67.1 cm³/mol. The first-order chi connectivity index (χ1) is 7.33. The molecule has 1 aromatic rings. The summed E-state index contributed by atoms with van der Waals surface area (Å²) in [5.74, 6) is 1.13. The first kappa shape index (κ1) is 12.4. The molecule has 3 heteroatoms. The molecule has 0 aliphatic heterocycles. The molecule has 0 unspecified atom stereocenters. The Morgan fingerprint density at radius 1 is 1.13 bits per heavy atom. The molecule has 3 N–H and O–H groups in total. The third-order valence-electron chi connectivity index (χ3n) is 2.18. The molecule has 84 valence electrons. The second-order valence-corrected chi connectivity index (χ2v) is 4.73. The number of aliphatic hydroxyl groups excluding tert-OH is 1. The molecule has 0 saturated carbocycles. The zero-order valence-electron chi connectivity index (χ0n) is 8.98. The van der Waals surface area contributed by atoms with E-state index in [4.69, 9.17) is 10.8 Å². The van der Waals surface area contributed by atoms with E-state index in [0.29, 0.717) is 6.61 Å². The van der Waals surface area contributed by atoms with Crippen LogP contribution in [0.15, 0.2) is 29.2 Å². The third kappa shape index (κ3) is 5.70. The van der Waals surface area contributed by atoms with Gasteiger partial charge in [0.05, 0.1) is 0 Å². The number of nitrogens with two attached hydrogens (primary N) is 1. The first-order valence-electron chi connectivity index (χ1n) is 5.42. The van der Waals surface area contributed by atoms with Gasteiger partial charge in [0.1, 0.15) is 0 Å². The van der Waals surface area contributed by atoms with Crippen molar-refractivity contribution in [2.45, 2.75) is 30.6 Å². The molecule has 0 heterocycles. The number of anilines is 1. The van der Waals surface area contributed by atoms with E-state index in [0.717, 1.165) is 24.3 Å². The van der Waals surface area contributed by atoms with Gasteiger partial charge in [-0.15, -0.1) is 11.8 Å². The van der Waals surface area contributed by atoms with E-state index in [1.165, 1.54) is 17.7 Å². The van der Waals surface area contributed by atoms with E-state index >= 15 is 0 Å². The lowest BCUT2D eigenvalue weighted by atomic mass is 10.2. The van der Waals surface area contributed by atoms with Gasteiger partial charge in [-0.25, -0.2) is 0 Å². The molecule has 15 heavy (non-hydrogen) atoms. The molecule has 0 aromatic heterocycles. The number of nitrogen functional groups attached to an aromatic ring is 1. The van der Waals surface area contributed by atoms with Crippen molar-refractivity contribution in [3.8, 4) is 0 Å². The lowest BCUT2D eigenvalue weighted by molar-refractivity contribution is 0.283. The quantitative estimate of drug-likeness (QED) is 0.426. The molecular weight excluding hydrogens is 206 g/mol. The standard InChI is InChI=1S/C12H19NOS/c13-11-6-5-7-12(10-11)15-9-4-2-1-3-8-14/h5-7,10,14H,1-4,8-9,13H2.